The van der Waals surface area contributed by atoms with Crippen LogP contribution < -0.4 is 5.32 Å². The second-order valence-corrected chi connectivity index (χ2v) is 13.1. The van der Waals surface area contributed by atoms with Gasteiger partial charge in [0, 0.05) is 13.2 Å². The third-order valence-corrected chi connectivity index (χ3v) is 11.0. The smallest absolute Gasteiger partial charge is 0.243 e. The van der Waals surface area contributed by atoms with E-state index in [-0.39, 0.29) is 29.7 Å². The van der Waals surface area contributed by atoms with Crippen LogP contribution in [0.15, 0.2) is 48.5 Å². The van der Waals surface area contributed by atoms with E-state index in [0.717, 1.165) is 35.1 Å². The Morgan fingerprint density at radius 1 is 0.972 bits per heavy atom. The first kappa shape index (κ1) is 24.3. The number of carbonyl (C=O) groups excluding carboxylic acids is 3. The number of amides is 3. The van der Waals surface area contributed by atoms with Crippen molar-refractivity contribution in [1.29, 1.82) is 0 Å². The molecule has 2 aromatic carbocycles. The van der Waals surface area contributed by atoms with Gasteiger partial charge in [-0.3, -0.25) is 19.3 Å². The molecular formula is C28H28Br2N2O4. The normalized spacial score (nSPS) is 32.9. The number of carbonyl (C=O) groups is 3. The topological polar surface area (TPSA) is 75.7 Å². The molecule has 188 valence electrons. The number of hydrogen-bond acceptors (Lipinski definition) is 4. The molecule has 8 heteroatoms. The molecule has 0 radical (unpaired) electrons. The van der Waals surface area contributed by atoms with Crippen LogP contribution in [0.1, 0.15) is 48.9 Å². The van der Waals surface area contributed by atoms with Crippen molar-refractivity contribution in [2.45, 2.75) is 47.5 Å². The van der Waals surface area contributed by atoms with Gasteiger partial charge in [0.05, 0.1) is 26.6 Å². The van der Waals surface area contributed by atoms with Gasteiger partial charge in [0.25, 0.3) is 0 Å². The van der Waals surface area contributed by atoms with Crippen molar-refractivity contribution in [3.05, 3.63) is 70.8 Å². The molecule has 2 fully saturated rings. The molecule has 0 spiro atoms. The van der Waals surface area contributed by atoms with Gasteiger partial charge in [0.1, 0.15) is 6.04 Å². The van der Waals surface area contributed by atoms with Gasteiger partial charge in [0.2, 0.25) is 17.7 Å². The van der Waals surface area contributed by atoms with Gasteiger partial charge in [-0.15, -0.1) is 0 Å². The van der Waals surface area contributed by atoms with Crippen LogP contribution in [0, 0.1) is 17.8 Å². The third kappa shape index (κ3) is 3.07. The highest BCUT2D eigenvalue weighted by atomic mass is 79.9. The molecule has 2 aliphatic heterocycles. The highest BCUT2D eigenvalue weighted by Gasteiger charge is 2.73. The van der Waals surface area contributed by atoms with Crippen molar-refractivity contribution in [3.8, 4) is 0 Å². The first-order chi connectivity index (χ1) is 17.2. The van der Waals surface area contributed by atoms with Gasteiger partial charge in [0.15, 0.2) is 0 Å². The van der Waals surface area contributed by atoms with E-state index in [2.05, 4.69) is 37.2 Å². The van der Waals surface area contributed by atoms with Gasteiger partial charge in [-0.2, -0.15) is 0 Å². The Bertz CT molecular complexity index is 1150. The maximum atomic E-state index is 14.3. The minimum atomic E-state index is -0.894. The predicted molar refractivity (Wildman–Crippen MR) is 142 cm³/mol. The Kier molecular flexibility index (Phi) is 5.74. The minimum Gasteiger partial charge on any atom is -0.376 e. The Labute approximate surface area is 227 Å². The van der Waals surface area contributed by atoms with E-state index >= 15 is 0 Å². The number of nitrogens with zero attached hydrogens (tertiary/aromatic N) is 1. The summed E-state index contributed by atoms with van der Waals surface area (Å²) in [5.41, 5.74) is 3.92. The highest BCUT2D eigenvalue weighted by Crippen LogP contribution is 2.70. The number of alkyl halides is 2. The zero-order chi connectivity index (χ0) is 25.4. The van der Waals surface area contributed by atoms with E-state index in [0.29, 0.717) is 13.2 Å². The molecule has 0 unspecified atom stereocenters. The Morgan fingerprint density at radius 3 is 1.83 bits per heavy atom. The second-order valence-electron chi connectivity index (χ2n) is 10.6. The van der Waals surface area contributed by atoms with Crippen LogP contribution in [0.3, 0.4) is 0 Å². The van der Waals surface area contributed by atoms with E-state index in [1.165, 1.54) is 4.90 Å². The number of halogens is 2. The SMILES string of the molecule is CC(C)[C@H](C(=O)NC[C@@H]1CCCO1)N1C(=O)[C@H]2[C@H](C1=O)C1(Br)c3ccccc3C2(Br)c2ccccc21. The molecule has 2 bridgehead atoms. The van der Waals surface area contributed by atoms with Crippen LogP contribution in [0.5, 0.6) is 0 Å². The minimum absolute atomic E-state index is 0.0224. The number of hydrogen-bond donors (Lipinski definition) is 1. The summed E-state index contributed by atoms with van der Waals surface area (Å²) in [5, 5.41) is 2.96. The Hall–Kier alpha value is -2.03. The molecule has 0 saturated carbocycles. The van der Waals surface area contributed by atoms with Crippen molar-refractivity contribution in [3.63, 3.8) is 0 Å². The predicted octanol–water partition coefficient (Wildman–Crippen LogP) is 4.21. The second kappa shape index (κ2) is 8.50. The average molecular weight is 616 g/mol. The lowest BCUT2D eigenvalue weighted by atomic mass is 9.54. The van der Waals surface area contributed by atoms with Crippen molar-refractivity contribution < 1.29 is 19.1 Å². The largest absolute Gasteiger partial charge is 0.376 e. The van der Waals surface area contributed by atoms with Crippen LogP contribution in [0.4, 0.5) is 0 Å². The molecule has 3 amide bonds. The molecule has 3 aliphatic carbocycles. The molecule has 36 heavy (non-hydrogen) atoms. The summed E-state index contributed by atoms with van der Waals surface area (Å²) in [5.74, 6) is -2.53. The lowest BCUT2D eigenvalue weighted by molar-refractivity contribution is -0.149. The molecule has 2 saturated heterocycles. The summed E-state index contributed by atoms with van der Waals surface area (Å²) in [7, 11) is 0. The van der Waals surface area contributed by atoms with Crippen molar-refractivity contribution in [1.82, 2.24) is 10.2 Å². The van der Waals surface area contributed by atoms with Crippen LogP contribution in [0.25, 0.3) is 0 Å². The summed E-state index contributed by atoms with van der Waals surface area (Å²) < 4.78 is 3.92. The number of imide groups is 1. The maximum Gasteiger partial charge on any atom is 0.243 e. The Balaban J connectivity index is 1.44. The number of benzene rings is 2. The molecular weight excluding hydrogens is 588 g/mol. The van der Waals surface area contributed by atoms with Crippen molar-refractivity contribution in [2.24, 2.45) is 17.8 Å². The first-order valence-electron chi connectivity index (χ1n) is 12.6. The Morgan fingerprint density at radius 2 is 1.44 bits per heavy atom. The number of nitrogens with one attached hydrogen (secondary N) is 1. The molecule has 2 aromatic rings. The van der Waals surface area contributed by atoms with Gasteiger partial charge >= 0.3 is 0 Å². The molecule has 0 aromatic heterocycles. The molecule has 1 N–H and O–H groups in total. The number of ether oxygens (including phenoxy) is 1. The zero-order valence-corrected chi connectivity index (χ0v) is 23.3. The fourth-order valence-corrected chi connectivity index (χ4v) is 9.11. The van der Waals surface area contributed by atoms with E-state index < -0.39 is 26.5 Å². The average Bonchev–Trinajstić information content (AvgIpc) is 3.48. The number of rotatable bonds is 5. The fraction of sp³-hybridized carbons (Fsp3) is 0.464. The standard InChI is InChI=1S/C28H28Br2N2O4/c1-15(2)23(24(33)31-14-16-8-7-13-36-16)32-25(34)21-22(26(32)35)28(30)18-10-4-3-9-17(18)27(21,29)19-11-5-6-12-20(19)28/h3-6,9-12,15-16,21-23H,7-8,13-14H2,1-2H3,(H,31,33)/t16-,21+,22+,23+,27?,28?/m0/s1. The zero-order valence-electron chi connectivity index (χ0n) is 20.2. The monoisotopic (exact) mass is 614 g/mol. The first-order valence-corrected chi connectivity index (χ1v) is 14.1. The summed E-state index contributed by atoms with van der Waals surface area (Å²) in [4.78, 5) is 43.3. The molecule has 5 aliphatic rings. The third-order valence-electron chi connectivity index (χ3n) is 8.33. The number of likely N-dealkylation sites (tertiary alicyclic amines) is 1. The summed E-state index contributed by atoms with van der Waals surface area (Å²) in [6, 6.07) is 15.1. The van der Waals surface area contributed by atoms with E-state index in [1.807, 2.05) is 62.4 Å². The van der Waals surface area contributed by atoms with Gasteiger partial charge in [-0.25, -0.2) is 0 Å². The maximum absolute atomic E-state index is 14.3. The van der Waals surface area contributed by atoms with Gasteiger partial charge < -0.3 is 10.1 Å². The summed E-state index contributed by atoms with van der Waals surface area (Å²) in [6.45, 7) is 4.84. The van der Waals surface area contributed by atoms with Crippen LogP contribution in [-0.4, -0.2) is 47.9 Å². The lowest BCUT2D eigenvalue weighted by Gasteiger charge is -2.55. The molecule has 7 rings (SSSR count). The molecule has 2 heterocycles. The summed E-state index contributed by atoms with van der Waals surface area (Å²) >= 11 is 8.04. The van der Waals surface area contributed by atoms with E-state index in [1.54, 1.807) is 0 Å². The van der Waals surface area contributed by atoms with Crippen LogP contribution in [-0.2, 0) is 27.8 Å². The van der Waals surface area contributed by atoms with E-state index in [4.69, 9.17) is 4.74 Å². The van der Waals surface area contributed by atoms with Crippen LogP contribution >= 0.6 is 31.9 Å². The van der Waals surface area contributed by atoms with E-state index in [9.17, 15) is 14.4 Å². The van der Waals surface area contributed by atoms with Crippen molar-refractivity contribution in [2.75, 3.05) is 13.2 Å². The highest BCUT2D eigenvalue weighted by molar-refractivity contribution is 9.10. The van der Waals surface area contributed by atoms with Crippen molar-refractivity contribution >= 4 is 49.6 Å². The molecule has 6 nitrogen and oxygen atoms in total. The molecule has 4 atom stereocenters. The van der Waals surface area contributed by atoms with Gasteiger partial charge in [-0.1, -0.05) is 94.2 Å². The van der Waals surface area contributed by atoms with Crippen LogP contribution in [0.2, 0.25) is 0 Å². The fourth-order valence-electron chi connectivity index (χ4n) is 6.81. The summed E-state index contributed by atoms with van der Waals surface area (Å²) in [6.07, 6.45) is 1.85. The lowest BCUT2D eigenvalue weighted by Crippen LogP contribution is -2.56. The quantitative estimate of drug-likeness (QED) is 0.404. The van der Waals surface area contributed by atoms with Gasteiger partial charge in [-0.05, 0) is 41.0 Å².